The van der Waals surface area contributed by atoms with Crippen LogP contribution in [0.3, 0.4) is 0 Å². The van der Waals surface area contributed by atoms with Gasteiger partial charge in [0.15, 0.2) is 16.7 Å². The Hall–Kier alpha value is -3.03. The molecular formula is C22H15N3O2S2. The van der Waals surface area contributed by atoms with Crippen LogP contribution in [0.1, 0.15) is 5.56 Å². The van der Waals surface area contributed by atoms with Crippen LogP contribution in [0.5, 0.6) is 11.5 Å². The molecule has 142 valence electrons. The summed E-state index contributed by atoms with van der Waals surface area (Å²) in [6.45, 7) is 0.292. The molecule has 0 unspecified atom stereocenters. The van der Waals surface area contributed by atoms with Crippen molar-refractivity contribution in [3.63, 3.8) is 0 Å². The molecule has 0 N–H and O–H groups in total. The largest absolute Gasteiger partial charge is 0.454 e. The van der Waals surface area contributed by atoms with Crippen molar-refractivity contribution < 1.29 is 9.47 Å². The molecule has 0 fully saturated rings. The van der Waals surface area contributed by atoms with E-state index in [0.717, 1.165) is 33.1 Å². The lowest BCUT2D eigenvalue weighted by Crippen LogP contribution is -1.93. The number of nitrogens with zero attached hydrogens (tertiary/aromatic N) is 3. The van der Waals surface area contributed by atoms with E-state index in [4.69, 9.17) is 9.47 Å². The fourth-order valence-electron chi connectivity index (χ4n) is 3.52. The van der Waals surface area contributed by atoms with Gasteiger partial charge in [-0.1, -0.05) is 54.2 Å². The van der Waals surface area contributed by atoms with E-state index < -0.39 is 0 Å². The summed E-state index contributed by atoms with van der Waals surface area (Å²) in [7, 11) is 0. The summed E-state index contributed by atoms with van der Waals surface area (Å²) >= 11 is 3.28. The van der Waals surface area contributed by atoms with Gasteiger partial charge in [-0.3, -0.25) is 4.40 Å². The summed E-state index contributed by atoms with van der Waals surface area (Å²) in [4.78, 5) is 0.904. The third kappa shape index (κ3) is 2.94. The summed E-state index contributed by atoms with van der Waals surface area (Å²) in [5.74, 6) is 2.40. The highest BCUT2D eigenvalue weighted by molar-refractivity contribution is 7.98. The van der Waals surface area contributed by atoms with Crippen LogP contribution in [-0.4, -0.2) is 21.4 Å². The van der Waals surface area contributed by atoms with Crippen LogP contribution in [0.2, 0.25) is 0 Å². The SMILES string of the molecule is c1ccc2cc(-c3csc4nnc(SCc5ccc6c(c5)OCO6)n34)ccc2c1. The smallest absolute Gasteiger partial charge is 0.231 e. The van der Waals surface area contributed by atoms with Crippen LogP contribution < -0.4 is 9.47 Å². The molecule has 0 amide bonds. The number of thiazole rings is 1. The molecule has 0 radical (unpaired) electrons. The lowest BCUT2D eigenvalue weighted by molar-refractivity contribution is 0.174. The number of benzene rings is 3. The van der Waals surface area contributed by atoms with Crippen molar-refractivity contribution in [3.05, 3.63) is 71.6 Å². The van der Waals surface area contributed by atoms with Crippen molar-refractivity contribution in [2.45, 2.75) is 10.9 Å². The van der Waals surface area contributed by atoms with E-state index in [9.17, 15) is 0 Å². The van der Waals surface area contributed by atoms with Gasteiger partial charge in [-0.05, 0) is 34.5 Å². The normalized spacial score (nSPS) is 12.8. The third-order valence-electron chi connectivity index (χ3n) is 4.97. The van der Waals surface area contributed by atoms with E-state index >= 15 is 0 Å². The maximum atomic E-state index is 5.48. The molecule has 0 spiro atoms. The Balaban J connectivity index is 1.34. The second kappa shape index (κ2) is 6.79. The molecule has 5 nitrogen and oxygen atoms in total. The number of ether oxygens (including phenoxy) is 2. The van der Waals surface area contributed by atoms with Crippen LogP contribution in [0.15, 0.2) is 71.2 Å². The van der Waals surface area contributed by atoms with Gasteiger partial charge in [0.1, 0.15) is 0 Å². The molecule has 3 heterocycles. The molecule has 0 saturated heterocycles. The average molecular weight is 418 g/mol. The Bertz CT molecular complexity index is 1360. The predicted molar refractivity (Wildman–Crippen MR) is 116 cm³/mol. The number of hydrogen-bond acceptors (Lipinski definition) is 6. The number of fused-ring (bicyclic) bond motifs is 3. The highest BCUT2D eigenvalue weighted by atomic mass is 32.2. The lowest BCUT2D eigenvalue weighted by Gasteiger charge is -2.06. The van der Waals surface area contributed by atoms with Crippen molar-refractivity contribution >= 4 is 38.8 Å². The topological polar surface area (TPSA) is 48.7 Å². The minimum atomic E-state index is 0.292. The second-order valence-electron chi connectivity index (χ2n) is 6.76. The van der Waals surface area contributed by atoms with Gasteiger partial charge in [0.05, 0.1) is 5.69 Å². The summed E-state index contributed by atoms with van der Waals surface area (Å²) in [6.07, 6.45) is 0. The molecule has 0 aliphatic carbocycles. The van der Waals surface area contributed by atoms with Crippen molar-refractivity contribution in [2.24, 2.45) is 0 Å². The first kappa shape index (κ1) is 16.9. The van der Waals surface area contributed by atoms with Crippen molar-refractivity contribution in [1.82, 2.24) is 14.6 Å². The first-order chi connectivity index (χ1) is 14.3. The molecular weight excluding hydrogens is 402 g/mol. The van der Waals surface area contributed by atoms with Gasteiger partial charge in [0, 0.05) is 16.7 Å². The Kier molecular flexibility index (Phi) is 3.95. The van der Waals surface area contributed by atoms with Gasteiger partial charge in [0.25, 0.3) is 0 Å². The van der Waals surface area contributed by atoms with Gasteiger partial charge in [-0.25, -0.2) is 0 Å². The molecule has 6 rings (SSSR count). The van der Waals surface area contributed by atoms with Crippen LogP contribution in [0.25, 0.3) is 27.0 Å². The van der Waals surface area contributed by atoms with E-state index in [1.165, 1.54) is 21.9 Å². The second-order valence-corrected chi connectivity index (χ2v) is 8.54. The van der Waals surface area contributed by atoms with Gasteiger partial charge in [0.2, 0.25) is 11.8 Å². The molecule has 0 saturated carbocycles. The van der Waals surface area contributed by atoms with Crippen molar-refractivity contribution in [1.29, 1.82) is 0 Å². The number of aromatic nitrogens is 3. The standard InChI is InChI=1S/C22H15N3O2S2/c1-2-4-16-10-17(7-6-15(16)3-1)18-12-29-22-24-23-21(25(18)22)28-11-14-5-8-19-20(9-14)27-13-26-19/h1-10,12H,11,13H2. The van der Waals surface area contributed by atoms with Crippen LogP contribution >= 0.6 is 23.1 Å². The molecule has 5 aromatic rings. The minimum Gasteiger partial charge on any atom is -0.454 e. The first-order valence-electron chi connectivity index (χ1n) is 9.18. The maximum absolute atomic E-state index is 5.48. The summed E-state index contributed by atoms with van der Waals surface area (Å²) in [6, 6.07) is 21.0. The van der Waals surface area contributed by atoms with E-state index in [2.05, 4.69) is 68.5 Å². The number of hydrogen-bond donors (Lipinski definition) is 0. The molecule has 1 aliphatic rings. The predicted octanol–water partition coefficient (Wildman–Crippen LogP) is 5.63. The zero-order valence-corrected chi connectivity index (χ0v) is 16.9. The van der Waals surface area contributed by atoms with Gasteiger partial charge >= 0.3 is 0 Å². The van der Waals surface area contributed by atoms with E-state index in [1.807, 2.05) is 12.1 Å². The first-order valence-corrected chi connectivity index (χ1v) is 11.0. The quantitative estimate of drug-likeness (QED) is 0.355. The highest BCUT2D eigenvalue weighted by Gasteiger charge is 2.16. The monoisotopic (exact) mass is 417 g/mol. The van der Waals surface area contributed by atoms with Crippen LogP contribution in [-0.2, 0) is 5.75 Å². The Morgan fingerprint density at radius 1 is 0.931 bits per heavy atom. The Labute approximate surface area is 174 Å². The Morgan fingerprint density at radius 3 is 2.79 bits per heavy atom. The van der Waals surface area contributed by atoms with Crippen molar-refractivity contribution in [3.8, 4) is 22.8 Å². The zero-order chi connectivity index (χ0) is 19.2. The zero-order valence-electron chi connectivity index (χ0n) is 15.2. The highest BCUT2D eigenvalue weighted by Crippen LogP contribution is 2.36. The third-order valence-corrected chi connectivity index (χ3v) is 6.79. The molecule has 29 heavy (non-hydrogen) atoms. The summed E-state index contributed by atoms with van der Waals surface area (Å²) < 4.78 is 13.0. The molecule has 0 bridgehead atoms. The van der Waals surface area contributed by atoms with Crippen LogP contribution in [0, 0.1) is 0 Å². The van der Waals surface area contributed by atoms with E-state index in [0.29, 0.717) is 6.79 Å². The summed E-state index contributed by atoms with van der Waals surface area (Å²) in [5, 5.41) is 14.3. The Morgan fingerprint density at radius 2 is 1.83 bits per heavy atom. The van der Waals surface area contributed by atoms with Gasteiger partial charge in [-0.15, -0.1) is 21.5 Å². The van der Waals surface area contributed by atoms with Crippen molar-refractivity contribution in [2.75, 3.05) is 6.79 Å². The maximum Gasteiger partial charge on any atom is 0.231 e. The number of thioether (sulfide) groups is 1. The van der Waals surface area contributed by atoms with Gasteiger partial charge in [-0.2, -0.15) is 0 Å². The molecule has 3 aromatic carbocycles. The minimum absolute atomic E-state index is 0.292. The number of rotatable bonds is 4. The van der Waals surface area contributed by atoms with E-state index in [1.54, 1.807) is 23.1 Å². The fourth-order valence-corrected chi connectivity index (χ4v) is 5.30. The average Bonchev–Trinajstić information content (AvgIpc) is 3.48. The molecule has 7 heteroatoms. The molecule has 0 atom stereocenters. The lowest BCUT2D eigenvalue weighted by atomic mass is 10.1. The van der Waals surface area contributed by atoms with Crippen LogP contribution in [0.4, 0.5) is 0 Å². The molecule has 2 aromatic heterocycles. The van der Waals surface area contributed by atoms with Gasteiger partial charge < -0.3 is 9.47 Å². The molecule has 1 aliphatic heterocycles. The summed E-state index contributed by atoms with van der Waals surface area (Å²) in [5.41, 5.74) is 3.45. The fraction of sp³-hybridized carbons (Fsp3) is 0.0909. The van der Waals surface area contributed by atoms with E-state index in [-0.39, 0.29) is 0 Å².